The molecule has 1 atom stereocenters. The topological polar surface area (TPSA) is 35.2 Å². The lowest BCUT2D eigenvalue weighted by atomic mass is 10.2. The van der Waals surface area contributed by atoms with E-state index in [4.69, 9.17) is 10.5 Å². The Hall–Kier alpha value is 0.440. The van der Waals surface area contributed by atoms with Gasteiger partial charge in [-0.3, -0.25) is 0 Å². The molecule has 0 fully saturated rings. The third-order valence-electron chi connectivity index (χ3n) is 1.63. The Bertz CT molecular complexity index is 303. The summed E-state index contributed by atoms with van der Waals surface area (Å²) in [7, 11) is 0. The molecule has 1 aromatic carbocycles. The molecular weight excluding hydrogens is 404 g/mol. The monoisotopic (exact) mass is 417 g/mol. The van der Waals surface area contributed by atoms with Gasteiger partial charge in [0.25, 0.3) is 0 Å². The Morgan fingerprint density at radius 2 is 1.86 bits per heavy atom. The van der Waals surface area contributed by atoms with Crippen LogP contribution in [0, 0.1) is 14.1 Å². The molecule has 1 rings (SSSR count). The van der Waals surface area contributed by atoms with E-state index >= 15 is 0 Å². The largest absolute Gasteiger partial charge is 0.490 e. The van der Waals surface area contributed by atoms with Gasteiger partial charge < -0.3 is 10.5 Å². The number of rotatable bonds is 3. The average molecular weight is 417 g/mol. The molecular formula is C10H13I2NO. The lowest BCUT2D eigenvalue weighted by Crippen LogP contribution is -2.24. The molecule has 0 aliphatic heterocycles. The van der Waals surface area contributed by atoms with E-state index in [1.165, 1.54) is 5.56 Å². The zero-order valence-electron chi connectivity index (χ0n) is 8.18. The van der Waals surface area contributed by atoms with Gasteiger partial charge in [0.15, 0.2) is 0 Å². The van der Waals surface area contributed by atoms with Crippen molar-refractivity contribution in [3.63, 3.8) is 0 Å². The quantitative estimate of drug-likeness (QED) is 0.769. The molecule has 0 bridgehead atoms. The van der Waals surface area contributed by atoms with Gasteiger partial charge in [0.2, 0.25) is 0 Å². The second kappa shape index (κ2) is 5.50. The summed E-state index contributed by atoms with van der Waals surface area (Å²) in [5, 5.41) is 0. The van der Waals surface area contributed by atoms with Crippen LogP contribution in [0.15, 0.2) is 12.1 Å². The Kier molecular flexibility index (Phi) is 4.92. The van der Waals surface area contributed by atoms with E-state index in [-0.39, 0.29) is 6.04 Å². The summed E-state index contributed by atoms with van der Waals surface area (Å²) in [6, 6.07) is 4.29. The lowest BCUT2D eigenvalue weighted by molar-refractivity contribution is 0.292. The Morgan fingerprint density at radius 1 is 1.36 bits per heavy atom. The fourth-order valence-corrected chi connectivity index (χ4v) is 3.43. The third-order valence-corrected chi connectivity index (χ3v) is 3.24. The number of benzene rings is 1. The van der Waals surface area contributed by atoms with Crippen molar-refractivity contribution in [2.45, 2.75) is 19.9 Å². The van der Waals surface area contributed by atoms with Crippen LogP contribution in [0.1, 0.15) is 12.5 Å². The maximum absolute atomic E-state index is 5.64. The molecule has 0 radical (unpaired) electrons. The van der Waals surface area contributed by atoms with Crippen LogP contribution in [0.25, 0.3) is 0 Å². The first-order valence-corrected chi connectivity index (χ1v) is 6.50. The zero-order valence-corrected chi connectivity index (χ0v) is 12.5. The van der Waals surface area contributed by atoms with Gasteiger partial charge in [-0.15, -0.1) is 0 Å². The molecule has 4 heteroatoms. The zero-order chi connectivity index (χ0) is 10.7. The van der Waals surface area contributed by atoms with Crippen molar-refractivity contribution in [3.05, 3.63) is 24.8 Å². The second-order valence-electron chi connectivity index (χ2n) is 3.35. The van der Waals surface area contributed by atoms with Crippen LogP contribution >= 0.6 is 45.2 Å². The fraction of sp³-hybridized carbons (Fsp3) is 0.400. The summed E-state index contributed by atoms with van der Waals surface area (Å²) in [4.78, 5) is 0. The minimum atomic E-state index is 0.0721. The molecule has 0 amide bonds. The minimum absolute atomic E-state index is 0.0721. The van der Waals surface area contributed by atoms with Gasteiger partial charge in [-0.05, 0) is 76.7 Å². The molecule has 0 spiro atoms. The van der Waals surface area contributed by atoms with Gasteiger partial charge in [-0.2, -0.15) is 0 Å². The number of halogens is 2. The van der Waals surface area contributed by atoms with Crippen molar-refractivity contribution in [1.29, 1.82) is 0 Å². The third kappa shape index (κ3) is 3.54. The highest BCUT2D eigenvalue weighted by Gasteiger charge is 2.07. The van der Waals surface area contributed by atoms with E-state index in [1.807, 2.05) is 6.92 Å². The first-order chi connectivity index (χ1) is 6.50. The maximum atomic E-state index is 5.64. The van der Waals surface area contributed by atoms with Crippen molar-refractivity contribution in [2.75, 3.05) is 6.61 Å². The fourth-order valence-electron chi connectivity index (χ4n) is 1.04. The SMILES string of the molecule is Cc1cc(I)c(OCC(C)N)c(I)c1. The van der Waals surface area contributed by atoms with Crippen molar-refractivity contribution >= 4 is 45.2 Å². The summed E-state index contributed by atoms with van der Waals surface area (Å²) in [5.74, 6) is 0.953. The van der Waals surface area contributed by atoms with E-state index in [0.717, 1.165) is 12.9 Å². The number of aryl methyl sites for hydroxylation is 1. The van der Waals surface area contributed by atoms with E-state index in [2.05, 4.69) is 64.2 Å². The highest BCUT2D eigenvalue weighted by molar-refractivity contribution is 14.1. The van der Waals surface area contributed by atoms with Gasteiger partial charge in [-0.1, -0.05) is 0 Å². The molecule has 1 aromatic rings. The van der Waals surface area contributed by atoms with Crippen molar-refractivity contribution in [3.8, 4) is 5.75 Å². The van der Waals surface area contributed by atoms with Crippen LogP contribution in [0.2, 0.25) is 0 Å². The first-order valence-electron chi connectivity index (χ1n) is 4.34. The lowest BCUT2D eigenvalue weighted by Gasteiger charge is -2.12. The molecule has 0 aromatic heterocycles. The highest BCUT2D eigenvalue weighted by atomic mass is 127. The highest BCUT2D eigenvalue weighted by Crippen LogP contribution is 2.28. The maximum Gasteiger partial charge on any atom is 0.146 e. The second-order valence-corrected chi connectivity index (χ2v) is 5.67. The Morgan fingerprint density at radius 3 is 2.29 bits per heavy atom. The average Bonchev–Trinajstić information content (AvgIpc) is 2.01. The van der Waals surface area contributed by atoms with Gasteiger partial charge in [0.1, 0.15) is 12.4 Å². The molecule has 0 saturated heterocycles. The van der Waals surface area contributed by atoms with E-state index in [9.17, 15) is 0 Å². The van der Waals surface area contributed by atoms with Gasteiger partial charge in [0, 0.05) is 6.04 Å². The summed E-state index contributed by atoms with van der Waals surface area (Å²) < 4.78 is 7.94. The number of hydrogen-bond donors (Lipinski definition) is 1. The number of ether oxygens (including phenoxy) is 1. The van der Waals surface area contributed by atoms with E-state index in [0.29, 0.717) is 6.61 Å². The molecule has 0 aliphatic rings. The van der Waals surface area contributed by atoms with Gasteiger partial charge >= 0.3 is 0 Å². The molecule has 78 valence electrons. The first kappa shape index (κ1) is 12.5. The number of nitrogens with two attached hydrogens (primary N) is 1. The molecule has 0 heterocycles. The van der Waals surface area contributed by atoms with Gasteiger partial charge in [0.05, 0.1) is 7.14 Å². The van der Waals surface area contributed by atoms with Crippen LogP contribution < -0.4 is 10.5 Å². The summed E-state index contributed by atoms with van der Waals surface area (Å²) in [5.41, 5.74) is 6.90. The minimum Gasteiger partial charge on any atom is -0.490 e. The van der Waals surface area contributed by atoms with Crippen molar-refractivity contribution in [1.82, 2.24) is 0 Å². The Labute approximate surface area is 112 Å². The molecule has 0 saturated carbocycles. The number of hydrogen-bond acceptors (Lipinski definition) is 2. The van der Waals surface area contributed by atoms with Crippen molar-refractivity contribution < 1.29 is 4.74 Å². The standard InChI is InChI=1S/C10H13I2NO/c1-6-3-8(11)10(9(12)4-6)14-5-7(2)13/h3-4,7H,5,13H2,1-2H3. The van der Waals surface area contributed by atoms with Crippen LogP contribution in [0.4, 0.5) is 0 Å². The van der Waals surface area contributed by atoms with Crippen LogP contribution in [-0.4, -0.2) is 12.6 Å². The summed E-state index contributed by atoms with van der Waals surface area (Å²) in [6.07, 6.45) is 0. The molecule has 2 nitrogen and oxygen atoms in total. The van der Waals surface area contributed by atoms with Crippen molar-refractivity contribution in [2.24, 2.45) is 5.73 Å². The van der Waals surface area contributed by atoms with Crippen LogP contribution in [0.5, 0.6) is 5.75 Å². The summed E-state index contributed by atoms with van der Waals surface area (Å²) >= 11 is 4.58. The molecule has 2 N–H and O–H groups in total. The van der Waals surface area contributed by atoms with Crippen LogP contribution in [0.3, 0.4) is 0 Å². The molecule has 14 heavy (non-hydrogen) atoms. The predicted molar refractivity (Wildman–Crippen MR) is 75.8 cm³/mol. The summed E-state index contributed by atoms with van der Waals surface area (Å²) in [6.45, 7) is 4.59. The predicted octanol–water partition coefficient (Wildman–Crippen LogP) is 2.93. The van der Waals surface area contributed by atoms with E-state index < -0.39 is 0 Å². The molecule has 1 unspecified atom stereocenters. The van der Waals surface area contributed by atoms with Crippen LogP contribution in [-0.2, 0) is 0 Å². The normalized spacial score (nSPS) is 12.6. The Balaban J connectivity index is 2.86. The van der Waals surface area contributed by atoms with Gasteiger partial charge in [-0.25, -0.2) is 0 Å². The smallest absolute Gasteiger partial charge is 0.146 e. The molecule has 0 aliphatic carbocycles. The van der Waals surface area contributed by atoms with E-state index in [1.54, 1.807) is 0 Å².